The van der Waals surface area contributed by atoms with Crippen molar-refractivity contribution in [1.29, 1.82) is 0 Å². The number of rotatable bonds is 9. The van der Waals surface area contributed by atoms with Crippen molar-refractivity contribution in [2.45, 2.75) is 58.4 Å². The van der Waals surface area contributed by atoms with Crippen LogP contribution in [-0.2, 0) is 30.5 Å². The number of Topliss-reactive ketones (excluding diaryl/α,β-unsaturated/α-hetero) is 1. The number of ether oxygens (including phenoxy) is 2. The van der Waals surface area contributed by atoms with Gasteiger partial charge in [0.1, 0.15) is 18.2 Å². The van der Waals surface area contributed by atoms with E-state index >= 15 is 0 Å². The van der Waals surface area contributed by atoms with Gasteiger partial charge in [0.15, 0.2) is 5.78 Å². The number of hydrogen-bond donors (Lipinski definition) is 2. The Morgan fingerprint density at radius 1 is 1.07 bits per heavy atom. The Kier molecular flexibility index (Phi) is 9.61. The Hall–Kier alpha value is -2.61. The van der Waals surface area contributed by atoms with Crippen LogP contribution in [0.4, 0.5) is 4.79 Å². The van der Waals surface area contributed by atoms with Crippen LogP contribution in [0.1, 0.15) is 39.7 Å². The molecule has 9 heteroatoms. The summed E-state index contributed by atoms with van der Waals surface area (Å²) in [6.07, 6.45) is -1.15. The van der Waals surface area contributed by atoms with Crippen LogP contribution >= 0.6 is 11.6 Å². The van der Waals surface area contributed by atoms with E-state index in [9.17, 15) is 19.2 Å². The molecular formula is C20H27ClN2O6. The predicted octanol–water partition coefficient (Wildman–Crippen LogP) is 2.33. The van der Waals surface area contributed by atoms with Crippen LogP contribution in [0.5, 0.6) is 0 Å². The number of amides is 2. The van der Waals surface area contributed by atoms with Crippen LogP contribution in [0.3, 0.4) is 0 Å². The maximum Gasteiger partial charge on any atom is 0.408 e. The summed E-state index contributed by atoms with van der Waals surface area (Å²) in [4.78, 5) is 48.2. The van der Waals surface area contributed by atoms with E-state index in [0.29, 0.717) is 0 Å². The van der Waals surface area contributed by atoms with E-state index in [1.165, 1.54) is 6.92 Å². The summed E-state index contributed by atoms with van der Waals surface area (Å²) in [5.41, 5.74) is 0.0696. The van der Waals surface area contributed by atoms with Crippen molar-refractivity contribution in [3.05, 3.63) is 35.9 Å². The summed E-state index contributed by atoms with van der Waals surface area (Å²) in [6, 6.07) is 6.88. The van der Waals surface area contributed by atoms with Gasteiger partial charge in [-0.25, -0.2) is 4.79 Å². The van der Waals surface area contributed by atoms with Gasteiger partial charge < -0.3 is 20.1 Å². The fourth-order valence-electron chi connectivity index (χ4n) is 2.15. The highest BCUT2D eigenvalue weighted by Crippen LogP contribution is 2.07. The van der Waals surface area contributed by atoms with Gasteiger partial charge in [0.25, 0.3) is 0 Å². The van der Waals surface area contributed by atoms with Crippen LogP contribution in [0.15, 0.2) is 30.3 Å². The first-order valence-electron chi connectivity index (χ1n) is 9.10. The lowest BCUT2D eigenvalue weighted by Gasteiger charge is -2.23. The third-order valence-electron chi connectivity index (χ3n) is 3.58. The number of benzene rings is 1. The minimum atomic E-state index is -1.16. The monoisotopic (exact) mass is 426 g/mol. The van der Waals surface area contributed by atoms with Crippen LogP contribution in [0.25, 0.3) is 0 Å². The first kappa shape index (κ1) is 24.4. The average Bonchev–Trinajstić information content (AvgIpc) is 2.64. The summed E-state index contributed by atoms with van der Waals surface area (Å²) >= 11 is 5.58. The van der Waals surface area contributed by atoms with Gasteiger partial charge >= 0.3 is 12.1 Å². The van der Waals surface area contributed by atoms with Crippen LogP contribution in [0, 0.1) is 0 Å². The van der Waals surface area contributed by atoms with Crippen molar-refractivity contribution in [2.24, 2.45) is 0 Å². The molecule has 8 nitrogen and oxygen atoms in total. The van der Waals surface area contributed by atoms with E-state index < -0.39 is 41.4 Å². The van der Waals surface area contributed by atoms with Gasteiger partial charge in [-0.05, 0) is 33.3 Å². The van der Waals surface area contributed by atoms with Crippen molar-refractivity contribution in [2.75, 3.05) is 5.88 Å². The maximum absolute atomic E-state index is 12.3. The van der Waals surface area contributed by atoms with Crippen LogP contribution < -0.4 is 10.6 Å². The summed E-state index contributed by atoms with van der Waals surface area (Å²) in [5, 5.41) is 4.79. The topological polar surface area (TPSA) is 111 Å². The minimum Gasteiger partial charge on any atom is -0.461 e. The number of hydrogen-bond acceptors (Lipinski definition) is 6. The molecule has 0 heterocycles. The van der Waals surface area contributed by atoms with Crippen molar-refractivity contribution >= 4 is 35.4 Å². The Morgan fingerprint density at radius 3 is 2.24 bits per heavy atom. The molecule has 0 spiro atoms. The number of esters is 1. The standard InChI is InChI=1S/C20H27ClN2O6/c1-13(22-19(27)29-20(2,3)4)18(26)23-15(16(24)11-21)10-17(25)28-12-14-8-6-5-7-9-14/h5-9,13,15H,10-12H2,1-4H3,(H,22,27)(H,23,26)/t13-,15-/m0/s1. The van der Waals surface area contributed by atoms with Crippen molar-refractivity contribution < 1.29 is 28.7 Å². The molecule has 2 amide bonds. The van der Waals surface area contributed by atoms with Crippen LogP contribution in [0.2, 0.25) is 0 Å². The predicted molar refractivity (Wildman–Crippen MR) is 107 cm³/mol. The van der Waals surface area contributed by atoms with Gasteiger partial charge in [0.05, 0.1) is 18.3 Å². The SMILES string of the molecule is C[C@H](NC(=O)OC(C)(C)C)C(=O)N[C@@H](CC(=O)OCc1ccccc1)C(=O)CCl. The summed E-state index contributed by atoms with van der Waals surface area (Å²) in [5.74, 6) is -2.24. The van der Waals surface area contributed by atoms with Gasteiger partial charge in [-0.3, -0.25) is 14.4 Å². The number of halogens is 1. The first-order chi connectivity index (χ1) is 13.5. The zero-order valence-corrected chi connectivity index (χ0v) is 17.7. The molecule has 0 radical (unpaired) electrons. The summed E-state index contributed by atoms with van der Waals surface area (Å²) in [6.45, 7) is 6.54. The second-order valence-electron chi connectivity index (χ2n) is 7.38. The molecule has 1 aromatic rings. The largest absolute Gasteiger partial charge is 0.461 e. The molecular weight excluding hydrogens is 400 g/mol. The zero-order chi connectivity index (χ0) is 22.0. The van der Waals surface area contributed by atoms with Gasteiger partial charge in [-0.15, -0.1) is 11.6 Å². The highest BCUT2D eigenvalue weighted by Gasteiger charge is 2.27. The van der Waals surface area contributed by atoms with Gasteiger partial charge in [0.2, 0.25) is 5.91 Å². The average molecular weight is 427 g/mol. The van der Waals surface area contributed by atoms with Gasteiger partial charge in [0, 0.05) is 0 Å². The lowest BCUT2D eigenvalue weighted by molar-refractivity contribution is -0.147. The molecule has 0 aliphatic heterocycles. The molecule has 2 atom stereocenters. The fourth-order valence-corrected chi connectivity index (χ4v) is 2.34. The van der Waals surface area contributed by atoms with E-state index in [2.05, 4.69) is 10.6 Å². The molecule has 1 aromatic carbocycles. The number of alkyl carbamates (subject to hydrolysis) is 1. The number of carbonyl (C=O) groups excluding carboxylic acids is 4. The lowest BCUT2D eigenvalue weighted by atomic mass is 10.1. The Labute approximate surface area is 175 Å². The van der Waals surface area contributed by atoms with E-state index in [1.54, 1.807) is 32.9 Å². The van der Waals surface area contributed by atoms with E-state index in [-0.39, 0.29) is 18.9 Å². The Bertz CT molecular complexity index is 717. The number of nitrogens with one attached hydrogen (secondary N) is 2. The highest BCUT2D eigenvalue weighted by atomic mass is 35.5. The van der Waals surface area contributed by atoms with E-state index in [0.717, 1.165) is 5.56 Å². The third kappa shape index (κ3) is 9.94. The van der Waals surface area contributed by atoms with Crippen molar-refractivity contribution in [3.63, 3.8) is 0 Å². The normalized spacial score (nSPS) is 13.0. The van der Waals surface area contributed by atoms with Crippen LogP contribution in [-0.4, -0.2) is 47.3 Å². The number of alkyl halides is 1. The summed E-state index contributed by atoms with van der Waals surface area (Å²) < 4.78 is 10.2. The highest BCUT2D eigenvalue weighted by molar-refractivity contribution is 6.28. The number of ketones is 1. The molecule has 2 N–H and O–H groups in total. The lowest BCUT2D eigenvalue weighted by Crippen LogP contribution is -2.51. The molecule has 0 saturated heterocycles. The second kappa shape index (κ2) is 11.4. The minimum absolute atomic E-state index is 0.0476. The molecule has 160 valence electrons. The Morgan fingerprint density at radius 2 is 1.69 bits per heavy atom. The number of carbonyl (C=O) groups is 4. The molecule has 29 heavy (non-hydrogen) atoms. The van der Waals surface area contributed by atoms with E-state index in [4.69, 9.17) is 21.1 Å². The Balaban J connectivity index is 2.61. The second-order valence-corrected chi connectivity index (χ2v) is 7.65. The van der Waals surface area contributed by atoms with Crippen molar-refractivity contribution in [3.8, 4) is 0 Å². The molecule has 0 bridgehead atoms. The molecule has 0 aromatic heterocycles. The first-order valence-corrected chi connectivity index (χ1v) is 9.63. The smallest absolute Gasteiger partial charge is 0.408 e. The molecule has 0 unspecified atom stereocenters. The third-order valence-corrected chi connectivity index (χ3v) is 3.84. The summed E-state index contributed by atoms with van der Waals surface area (Å²) in [7, 11) is 0. The van der Waals surface area contributed by atoms with E-state index in [1.807, 2.05) is 18.2 Å². The maximum atomic E-state index is 12.3. The molecule has 0 fully saturated rings. The zero-order valence-electron chi connectivity index (χ0n) is 17.0. The molecule has 1 rings (SSSR count). The molecule has 0 saturated carbocycles. The fraction of sp³-hybridized carbons (Fsp3) is 0.500. The molecule has 0 aliphatic carbocycles. The molecule has 0 aliphatic rings. The van der Waals surface area contributed by atoms with Crippen molar-refractivity contribution in [1.82, 2.24) is 10.6 Å². The van der Waals surface area contributed by atoms with Gasteiger partial charge in [-0.2, -0.15) is 0 Å². The quantitative estimate of drug-likeness (QED) is 0.463. The van der Waals surface area contributed by atoms with Gasteiger partial charge in [-0.1, -0.05) is 30.3 Å².